The highest BCUT2D eigenvalue weighted by Gasteiger charge is 2.38. The summed E-state index contributed by atoms with van der Waals surface area (Å²) >= 11 is 0. The van der Waals surface area contributed by atoms with Crippen LogP contribution < -0.4 is 0 Å². The molecule has 1 aliphatic rings. The molecule has 1 aromatic rings. The molecule has 1 saturated carbocycles. The van der Waals surface area contributed by atoms with Crippen LogP contribution in [0.2, 0.25) is 0 Å². The molecule has 2 rings (SSSR count). The van der Waals surface area contributed by atoms with E-state index in [4.69, 9.17) is 9.84 Å². The summed E-state index contributed by atoms with van der Waals surface area (Å²) in [6.07, 6.45) is 1.18. The van der Waals surface area contributed by atoms with Gasteiger partial charge in [0.15, 0.2) is 0 Å². The Balaban J connectivity index is 1.79. The van der Waals surface area contributed by atoms with Crippen molar-refractivity contribution in [2.45, 2.75) is 25.9 Å². The lowest BCUT2D eigenvalue weighted by Gasteiger charge is -2.13. The summed E-state index contributed by atoms with van der Waals surface area (Å²) in [5.74, 6) is 0.479. The zero-order valence-corrected chi connectivity index (χ0v) is 10.0. The van der Waals surface area contributed by atoms with Crippen molar-refractivity contribution in [2.75, 3.05) is 6.61 Å². The molecule has 17 heavy (non-hydrogen) atoms. The summed E-state index contributed by atoms with van der Waals surface area (Å²) in [5, 5.41) is 8.90. The Kier molecular flexibility index (Phi) is 3.79. The van der Waals surface area contributed by atoms with Crippen molar-refractivity contribution in [1.82, 2.24) is 0 Å². The number of aliphatic hydroxyl groups is 1. The maximum Gasteiger partial charge on any atom is 0.306 e. The van der Waals surface area contributed by atoms with E-state index in [9.17, 15) is 4.79 Å². The third-order valence-corrected chi connectivity index (χ3v) is 3.31. The van der Waals surface area contributed by atoms with Crippen molar-refractivity contribution < 1.29 is 14.6 Å². The number of rotatable bonds is 5. The van der Waals surface area contributed by atoms with Crippen LogP contribution >= 0.6 is 0 Å². The van der Waals surface area contributed by atoms with E-state index < -0.39 is 0 Å². The van der Waals surface area contributed by atoms with Crippen molar-refractivity contribution in [2.24, 2.45) is 11.8 Å². The van der Waals surface area contributed by atoms with Crippen LogP contribution in [0.4, 0.5) is 0 Å². The fourth-order valence-electron chi connectivity index (χ4n) is 2.04. The number of carbonyl (C=O) groups excluding carboxylic acids is 1. The zero-order valence-electron chi connectivity index (χ0n) is 10.0. The zero-order chi connectivity index (χ0) is 12.3. The molecule has 3 atom stereocenters. The Labute approximate surface area is 101 Å². The lowest BCUT2D eigenvalue weighted by Crippen LogP contribution is -2.10. The van der Waals surface area contributed by atoms with E-state index in [0.29, 0.717) is 18.3 Å². The standard InChI is InChI=1S/C14H18O3/c1-10(11-5-3-2-4-6-11)17-14(16)8-12-7-13(12)9-15/h2-6,10,12-13,15H,7-9H2,1H3/t10-,12-,13+/m0/s1. The van der Waals surface area contributed by atoms with Crippen LogP contribution in [0.5, 0.6) is 0 Å². The summed E-state index contributed by atoms with van der Waals surface area (Å²) in [5.41, 5.74) is 1.01. The first-order chi connectivity index (χ1) is 8.20. The number of ether oxygens (including phenoxy) is 1. The van der Waals surface area contributed by atoms with Gasteiger partial charge in [0.1, 0.15) is 6.10 Å². The largest absolute Gasteiger partial charge is 0.458 e. The van der Waals surface area contributed by atoms with E-state index in [2.05, 4.69) is 0 Å². The van der Waals surface area contributed by atoms with Crippen molar-refractivity contribution in [1.29, 1.82) is 0 Å². The SMILES string of the molecule is C[C@H](OC(=O)C[C@@H]1C[C@@H]1CO)c1ccccc1. The van der Waals surface area contributed by atoms with Gasteiger partial charge in [-0.3, -0.25) is 4.79 Å². The van der Waals surface area contributed by atoms with Gasteiger partial charge in [-0.05, 0) is 30.7 Å². The van der Waals surface area contributed by atoms with Crippen molar-refractivity contribution in [3.05, 3.63) is 35.9 Å². The summed E-state index contributed by atoms with van der Waals surface area (Å²) in [4.78, 5) is 11.6. The van der Waals surface area contributed by atoms with E-state index >= 15 is 0 Å². The molecule has 0 radical (unpaired) electrons. The van der Waals surface area contributed by atoms with Crippen LogP contribution in [0.15, 0.2) is 30.3 Å². The number of aliphatic hydroxyl groups excluding tert-OH is 1. The topological polar surface area (TPSA) is 46.5 Å². The van der Waals surface area contributed by atoms with Gasteiger partial charge in [-0.25, -0.2) is 0 Å². The average Bonchev–Trinajstić information content (AvgIpc) is 3.08. The van der Waals surface area contributed by atoms with E-state index in [1.807, 2.05) is 37.3 Å². The molecule has 0 aliphatic heterocycles. The summed E-state index contributed by atoms with van der Waals surface area (Å²) in [6.45, 7) is 2.07. The predicted molar refractivity (Wildman–Crippen MR) is 64.2 cm³/mol. The number of hydrogen-bond acceptors (Lipinski definition) is 3. The molecule has 3 nitrogen and oxygen atoms in total. The van der Waals surface area contributed by atoms with Crippen LogP contribution in [0.3, 0.4) is 0 Å². The second-order valence-electron chi connectivity index (χ2n) is 4.69. The first-order valence-corrected chi connectivity index (χ1v) is 6.06. The van der Waals surface area contributed by atoms with Gasteiger partial charge in [-0.15, -0.1) is 0 Å². The fourth-order valence-corrected chi connectivity index (χ4v) is 2.04. The molecule has 0 aromatic heterocycles. The molecule has 0 unspecified atom stereocenters. The van der Waals surface area contributed by atoms with Crippen LogP contribution in [0.1, 0.15) is 31.4 Å². The lowest BCUT2D eigenvalue weighted by atomic mass is 10.1. The highest BCUT2D eigenvalue weighted by molar-refractivity contribution is 5.70. The second-order valence-corrected chi connectivity index (χ2v) is 4.69. The highest BCUT2D eigenvalue weighted by Crippen LogP contribution is 2.41. The molecule has 1 N–H and O–H groups in total. The quantitative estimate of drug-likeness (QED) is 0.795. The molecule has 92 valence electrons. The summed E-state index contributed by atoms with van der Waals surface area (Å²) < 4.78 is 5.36. The van der Waals surface area contributed by atoms with Crippen LogP contribution in [0, 0.1) is 11.8 Å². The fraction of sp³-hybridized carbons (Fsp3) is 0.500. The molecule has 1 aliphatic carbocycles. The van der Waals surface area contributed by atoms with Gasteiger partial charge in [0.25, 0.3) is 0 Å². The maximum absolute atomic E-state index is 11.6. The maximum atomic E-state index is 11.6. The van der Waals surface area contributed by atoms with Crippen LogP contribution in [0.25, 0.3) is 0 Å². The van der Waals surface area contributed by atoms with Crippen LogP contribution in [-0.2, 0) is 9.53 Å². The number of carbonyl (C=O) groups is 1. The Morgan fingerprint density at radius 2 is 2.12 bits per heavy atom. The van der Waals surface area contributed by atoms with Crippen molar-refractivity contribution in [3.8, 4) is 0 Å². The van der Waals surface area contributed by atoms with Crippen molar-refractivity contribution >= 4 is 5.97 Å². The minimum Gasteiger partial charge on any atom is -0.458 e. The van der Waals surface area contributed by atoms with Gasteiger partial charge in [0, 0.05) is 13.0 Å². The monoisotopic (exact) mass is 234 g/mol. The van der Waals surface area contributed by atoms with Crippen molar-refractivity contribution in [3.63, 3.8) is 0 Å². The lowest BCUT2D eigenvalue weighted by molar-refractivity contribution is -0.149. The van der Waals surface area contributed by atoms with E-state index in [1.165, 1.54) is 0 Å². The Morgan fingerprint density at radius 3 is 2.71 bits per heavy atom. The second kappa shape index (κ2) is 5.32. The van der Waals surface area contributed by atoms with Gasteiger partial charge in [0.05, 0.1) is 0 Å². The number of esters is 1. The molecule has 1 aromatic carbocycles. The van der Waals surface area contributed by atoms with Crippen LogP contribution in [-0.4, -0.2) is 17.7 Å². The third-order valence-electron chi connectivity index (χ3n) is 3.31. The first kappa shape index (κ1) is 12.1. The van der Waals surface area contributed by atoms with E-state index in [0.717, 1.165) is 12.0 Å². The first-order valence-electron chi connectivity index (χ1n) is 6.06. The smallest absolute Gasteiger partial charge is 0.306 e. The Bertz CT molecular complexity index is 374. The van der Waals surface area contributed by atoms with Gasteiger partial charge in [-0.1, -0.05) is 30.3 Å². The molecule has 1 fully saturated rings. The van der Waals surface area contributed by atoms with E-state index in [1.54, 1.807) is 0 Å². The molecule has 0 spiro atoms. The Morgan fingerprint density at radius 1 is 1.41 bits per heavy atom. The molecular weight excluding hydrogens is 216 g/mol. The molecule has 0 bridgehead atoms. The van der Waals surface area contributed by atoms with Gasteiger partial charge < -0.3 is 9.84 Å². The minimum atomic E-state index is -0.199. The number of benzene rings is 1. The number of hydrogen-bond donors (Lipinski definition) is 1. The normalized spacial score (nSPS) is 24.1. The predicted octanol–water partition coefficient (Wildman–Crippen LogP) is 2.31. The summed E-state index contributed by atoms with van der Waals surface area (Å²) in [7, 11) is 0. The molecule has 0 heterocycles. The third kappa shape index (κ3) is 3.30. The van der Waals surface area contributed by atoms with Gasteiger partial charge in [0.2, 0.25) is 0 Å². The Hall–Kier alpha value is -1.35. The van der Waals surface area contributed by atoms with Gasteiger partial charge >= 0.3 is 5.97 Å². The molecule has 3 heteroatoms. The highest BCUT2D eigenvalue weighted by atomic mass is 16.5. The molecule has 0 saturated heterocycles. The molecule has 0 amide bonds. The molecular formula is C14H18O3. The average molecular weight is 234 g/mol. The minimum absolute atomic E-state index is 0.165. The van der Waals surface area contributed by atoms with Gasteiger partial charge in [-0.2, -0.15) is 0 Å². The summed E-state index contributed by atoms with van der Waals surface area (Å²) in [6, 6.07) is 9.70. The van der Waals surface area contributed by atoms with E-state index in [-0.39, 0.29) is 18.7 Å².